The molecule has 0 saturated carbocycles. The molecular weight excluding hydrogens is 286 g/mol. The molecule has 1 N–H and O–H groups in total. The molecule has 0 heterocycles. The number of hydrogen-bond donors (Lipinski definition) is 1. The van der Waals surface area contributed by atoms with Crippen LogP contribution in [-0.2, 0) is 17.4 Å². The largest absolute Gasteiger partial charge is 0.416 e. The Morgan fingerprint density at radius 1 is 1.05 bits per heavy atom. The molecule has 0 spiro atoms. The van der Waals surface area contributed by atoms with Crippen molar-refractivity contribution in [1.29, 1.82) is 0 Å². The summed E-state index contributed by atoms with van der Waals surface area (Å²) in [7, 11) is 0. The molecule has 0 aliphatic rings. The summed E-state index contributed by atoms with van der Waals surface area (Å²) in [6, 6.07) is 10.0. The highest BCUT2D eigenvalue weighted by molar-refractivity contribution is 5.92. The molecule has 6 heteroatoms. The molecule has 2 aromatic rings. The molecule has 2 nitrogen and oxygen atoms in total. The van der Waals surface area contributed by atoms with Crippen LogP contribution < -0.4 is 5.32 Å². The maximum Gasteiger partial charge on any atom is 0.416 e. The number of halogens is 4. The summed E-state index contributed by atoms with van der Waals surface area (Å²) in [6.45, 7) is 0. The molecule has 1 amide bonds. The summed E-state index contributed by atoms with van der Waals surface area (Å²) >= 11 is 0. The van der Waals surface area contributed by atoms with Crippen molar-refractivity contribution in [1.82, 2.24) is 0 Å². The normalized spacial score (nSPS) is 11.2. The van der Waals surface area contributed by atoms with Crippen LogP contribution >= 0.6 is 0 Å². The van der Waals surface area contributed by atoms with Gasteiger partial charge in [0.05, 0.1) is 12.0 Å². The number of benzene rings is 2. The Hall–Kier alpha value is -2.37. The van der Waals surface area contributed by atoms with Crippen LogP contribution in [0.4, 0.5) is 23.2 Å². The van der Waals surface area contributed by atoms with Crippen LogP contribution in [0.1, 0.15) is 11.1 Å². The van der Waals surface area contributed by atoms with Crippen LogP contribution in [0.2, 0.25) is 0 Å². The number of alkyl halides is 3. The van der Waals surface area contributed by atoms with Gasteiger partial charge in [0, 0.05) is 5.69 Å². The standard InChI is InChI=1S/C15H11F4NO/c16-13-7-2-1-4-10(13)8-14(21)20-12-6-3-5-11(9-12)15(17,18)19/h1-7,9H,8H2,(H,20,21). The van der Waals surface area contributed by atoms with Gasteiger partial charge in [-0.15, -0.1) is 0 Å². The van der Waals surface area contributed by atoms with Gasteiger partial charge in [-0.3, -0.25) is 4.79 Å². The van der Waals surface area contributed by atoms with E-state index in [1.54, 1.807) is 6.07 Å². The third-order valence-corrected chi connectivity index (χ3v) is 2.78. The zero-order valence-electron chi connectivity index (χ0n) is 10.7. The summed E-state index contributed by atoms with van der Waals surface area (Å²) < 4.78 is 51.0. The molecule has 110 valence electrons. The number of anilines is 1. The summed E-state index contributed by atoms with van der Waals surface area (Å²) in [4.78, 5) is 11.7. The van der Waals surface area contributed by atoms with Gasteiger partial charge in [-0.1, -0.05) is 24.3 Å². The van der Waals surface area contributed by atoms with E-state index in [0.717, 1.165) is 12.1 Å². The van der Waals surface area contributed by atoms with Crippen molar-refractivity contribution in [2.75, 3.05) is 5.32 Å². The smallest absolute Gasteiger partial charge is 0.326 e. The molecule has 0 unspecified atom stereocenters. The highest BCUT2D eigenvalue weighted by Gasteiger charge is 2.30. The van der Waals surface area contributed by atoms with E-state index in [2.05, 4.69) is 5.32 Å². The summed E-state index contributed by atoms with van der Waals surface area (Å²) in [6.07, 6.45) is -4.73. The van der Waals surface area contributed by atoms with Gasteiger partial charge in [0.1, 0.15) is 5.82 Å². The molecule has 2 rings (SSSR count). The van der Waals surface area contributed by atoms with Crippen LogP contribution in [0, 0.1) is 5.82 Å². The van der Waals surface area contributed by atoms with Crippen molar-refractivity contribution in [3.05, 3.63) is 65.5 Å². The summed E-state index contributed by atoms with van der Waals surface area (Å²) in [5.41, 5.74) is -0.653. The van der Waals surface area contributed by atoms with Gasteiger partial charge in [0.15, 0.2) is 0 Å². The predicted molar refractivity (Wildman–Crippen MR) is 70.2 cm³/mol. The van der Waals surface area contributed by atoms with Gasteiger partial charge in [-0.25, -0.2) is 4.39 Å². The Bertz CT molecular complexity index is 652. The van der Waals surface area contributed by atoms with Crippen molar-refractivity contribution in [2.45, 2.75) is 12.6 Å². The van der Waals surface area contributed by atoms with Crippen molar-refractivity contribution in [3.8, 4) is 0 Å². The van der Waals surface area contributed by atoms with Crippen LogP contribution in [0.3, 0.4) is 0 Å². The fourth-order valence-corrected chi connectivity index (χ4v) is 1.79. The molecular formula is C15H11F4NO. The monoisotopic (exact) mass is 297 g/mol. The van der Waals surface area contributed by atoms with Gasteiger partial charge >= 0.3 is 6.18 Å². The highest BCUT2D eigenvalue weighted by atomic mass is 19.4. The zero-order chi connectivity index (χ0) is 15.5. The zero-order valence-corrected chi connectivity index (χ0v) is 10.7. The molecule has 0 aliphatic heterocycles. The quantitative estimate of drug-likeness (QED) is 0.852. The lowest BCUT2D eigenvalue weighted by molar-refractivity contribution is -0.137. The number of hydrogen-bond acceptors (Lipinski definition) is 1. The van der Waals surface area contributed by atoms with E-state index in [-0.39, 0.29) is 17.7 Å². The molecule has 21 heavy (non-hydrogen) atoms. The molecule has 0 aromatic heterocycles. The average molecular weight is 297 g/mol. The number of carbonyl (C=O) groups is 1. The molecule has 0 radical (unpaired) electrons. The van der Waals surface area contributed by atoms with Crippen LogP contribution in [0.5, 0.6) is 0 Å². The second-order valence-corrected chi connectivity index (χ2v) is 4.39. The fraction of sp³-hybridized carbons (Fsp3) is 0.133. The first-order valence-corrected chi connectivity index (χ1v) is 6.07. The lowest BCUT2D eigenvalue weighted by Crippen LogP contribution is -2.16. The van der Waals surface area contributed by atoms with Crippen LogP contribution in [-0.4, -0.2) is 5.91 Å². The van der Waals surface area contributed by atoms with Crippen molar-refractivity contribution in [2.24, 2.45) is 0 Å². The predicted octanol–water partition coefficient (Wildman–Crippen LogP) is 4.03. The Labute approximate surface area is 118 Å². The maximum absolute atomic E-state index is 13.4. The van der Waals surface area contributed by atoms with Gasteiger partial charge in [0.2, 0.25) is 5.91 Å². The average Bonchev–Trinajstić information content (AvgIpc) is 2.41. The molecule has 2 aromatic carbocycles. The Kier molecular flexibility index (Phi) is 4.26. The fourth-order valence-electron chi connectivity index (χ4n) is 1.79. The molecule has 0 bridgehead atoms. The Morgan fingerprint density at radius 2 is 1.76 bits per heavy atom. The van der Waals surface area contributed by atoms with Crippen molar-refractivity contribution < 1.29 is 22.4 Å². The molecule has 0 saturated heterocycles. The topological polar surface area (TPSA) is 29.1 Å². The third-order valence-electron chi connectivity index (χ3n) is 2.78. The summed E-state index contributed by atoms with van der Waals surface area (Å²) in [5.74, 6) is -1.11. The first-order valence-electron chi connectivity index (χ1n) is 6.07. The summed E-state index contributed by atoms with van der Waals surface area (Å²) in [5, 5.41) is 2.32. The van der Waals surface area contributed by atoms with E-state index in [4.69, 9.17) is 0 Å². The van der Waals surface area contributed by atoms with Crippen LogP contribution in [0.25, 0.3) is 0 Å². The number of nitrogens with one attached hydrogen (secondary N) is 1. The molecule has 0 aliphatic carbocycles. The third kappa shape index (κ3) is 4.05. The van der Waals surface area contributed by atoms with E-state index in [1.807, 2.05) is 0 Å². The minimum atomic E-state index is -4.48. The number of rotatable bonds is 3. The highest BCUT2D eigenvalue weighted by Crippen LogP contribution is 2.30. The van der Waals surface area contributed by atoms with E-state index >= 15 is 0 Å². The van der Waals surface area contributed by atoms with Gasteiger partial charge in [-0.2, -0.15) is 13.2 Å². The minimum absolute atomic E-state index is 0.0196. The molecule has 0 fully saturated rings. The van der Waals surface area contributed by atoms with Crippen molar-refractivity contribution in [3.63, 3.8) is 0 Å². The lowest BCUT2D eigenvalue weighted by Gasteiger charge is -2.10. The van der Waals surface area contributed by atoms with E-state index in [1.165, 1.54) is 30.3 Å². The first kappa shape index (κ1) is 15.0. The second kappa shape index (κ2) is 5.95. The Balaban J connectivity index is 2.08. The maximum atomic E-state index is 13.4. The first-order chi connectivity index (χ1) is 9.86. The second-order valence-electron chi connectivity index (χ2n) is 4.39. The van der Waals surface area contributed by atoms with E-state index in [9.17, 15) is 22.4 Å². The minimum Gasteiger partial charge on any atom is -0.326 e. The van der Waals surface area contributed by atoms with Gasteiger partial charge in [0.25, 0.3) is 0 Å². The van der Waals surface area contributed by atoms with Gasteiger partial charge in [-0.05, 0) is 29.8 Å². The molecule has 0 atom stereocenters. The lowest BCUT2D eigenvalue weighted by atomic mass is 10.1. The van der Waals surface area contributed by atoms with Crippen molar-refractivity contribution >= 4 is 11.6 Å². The Morgan fingerprint density at radius 3 is 2.43 bits per heavy atom. The SMILES string of the molecule is O=C(Cc1ccccc1F)Nc1cccc(C(F)(F)F)c1. The van der Waals surface area contributed by atoms with Gasteiger partial charge < -0.3 is 5.32 Å². The van der Waals surface area contributed by atoms with E-state index < -0.39 is 23.5 Å². The number of carbonyl (C=O) groups excluding carboxylic acids is 1. The van der Waals surface area contributed by atoms with Crippen LogP contribution in [0.15, 0.2) is 48.5 Å². The number of amides is 1. The van der Waals surface area contributed by atoms with E-state index in [0.29, 0.717) is 0 Å².